The van der Waals surface area contributed by atoms with E-state index in [1.54, 1.807) is 11.6 Å². The first kappa shape index (κ1) is 14.7. The molecule has 1 aromatic heterocycles. The van der Waals surface area contributed by atoms with E-state index in [0.717, 1.165) is 24.1 Å². The smallest absolute Gasteiger partial charge is 0.240 e. The SMILES string of the molecule is CCCC(C)(N)C(=O)NCc1cn(C)nc1CC. The molecule has 0 aliphatic heterocycles. The summed E-state index contributed by atoms with van der Waals surface area (Å²) < 4.78 is 1.77. The number of aryl methyl sites for hydroxylation is 2. The molecule has 0 spiro atoms. The number of rotatable bonds is 6. The zero-order valence-electron chi connectivity index (χ0n) is 11.8. The van der Waals surface area contributed by atoms with Gasteiger partial charge in [0.2, 0.25) is 5.91 Å². The second kappa shape index (κ2) is 6.00. The van der Waals surface area contributed by atoms with Crippen molar-refractivity contribution in [2.24, 2.45) is 12.8 Å². The summed E-state index contributed by atoms with van der Waals surface area (Å²) in [5.41, 5.74) is 7.27. The standard InChI is InChI=1S/C13H24N4O/c1-5-7-13(3,14)12(18)15-8-10-9-17(4)16-11(10)6-2/h9H,5-8,14H2,1-4H3,(H,15,18). The predicted molar refractivity (Wildman–Crippen MR) is 71.9 cm³/mol. The number of hydrogen-bond acceptors (Lipinski definition) is 3. The fourth-order valence-corrected chi connectivity index (χ4v) is 2.04. The third kappa shape index (κ3) is 3.57. The van der Waals surface area contributed by atoms with Gasteiger partial charge in [-0.3, -0.25) is 9.48 Å². The van der Waals surface area contributed by atoms with E-state index in [2.05, 4.69) is 17.3 Å². The van der Waals surface area contributed by atoms with E-state index in [9.17, 15) is 4.79 Å². The first-order valence-corrected chi connectivity index (χ1v) is 6.49. The molecule has 0 saturated heterocycles. The molecule has 3 N–H and O–H groups in total. The van der Waals surface area contributed by atoms with E-state index in [0.29, 0.717) is 13.0 Å². The molecule has 1 unspecified atom stereocenters. The van der Waals surface area contributed by atoms with Crippen molar-refractivity contribution >= 4 is 5.91 Å². The van der Waals surface area contributed by atoms with Crippen molar-refractivity contribution in [3.05, 3.63) is 17.5 Å². The van der Waals surface area contributed by atoms with Crippen LogP contribution < -0.4 is 11.1 Å². The number of hydrogen-bond donors (Lipinski definition) is 2. The van der Waals surface area contributed by atoms with E-state index < -0.39 is 5.54 Å². The summed E-state index contributed by atoms with van der Waals surface area (Å²) in [5.74, 6) is -0.102. The van der Waals surface area contributed by atoms with E-state index in [1.807, 2.05) is 20.2 Å². The third-order valence-corrected chi connectivity index (χ3v) is 3.05. The van der Waals surface area contributed by atoms with Crippen LogP contribution in [0.1, 0.15) is 44.9 Å². The van der Waals surface area contributed by atoms with Crippen molar-refractivity contribution in [1.29, 1.82) is 0 Å². The van der Waals surface area contributed by atoms with Gasteiger partial charge in [0.15, 0.2) is 0 Å². The van der Waals surface area contributed by atoms with E-state index in [1.165, 1.54) is 0 Å². The minimum Gasteiger partial charge on any atom is -0.350 e. The van der Waals surface area contributed by atoms with Gasteiger partial charge in [-0.15, -0.1) is 0 Å². The second-order valence-electron chi connectivity index (χ2n) is 4.98. The Morgan fingerprint density at radius 2 is 2.22 bits per heavy atom. The Hall–Kier alpha value is -1.36. The topological polar surface area (TPSA) is 72.9 Å². The lowest BCUT2D eigenvalue weighted by molar-refractivity contribution is -0.126. The molecule has 1 heterocycles. The quantitative estimate of drug-likeness (QED) is 0.796. The van der Waals surface area contributed by atoms with Crippen LogP contribution in [-0.2, 0) is 24.8 Å². The zero-order chi connectivity index (χ0) is 13.8. The van der Waals surface area contributed by atoms with Gasteiger partial charge in [-0.1, -0.05) is 20.3 Å². The molecule has 102 valence electrons. The highest BCUT2D eigenvalue weighted by molar-refractivity contribution is 5.85. The van der Waals surface area contributed by atoms with Crippen LogP contribution in [0.5, 0.6) is 0 Å². The molecule has 0 aromatic carbocycles. The van der Waals surface area contributed by atoms with Crippen LogP contribution in [-0.4, -0.2) is 21.2 Å². The lowest BCUT2D eigenvalue weighted by Gasteiger charge is -2.22. The summed E-state index contributed by atoms with van der Waals surface area (Å²) in [7, 11) is 1.88. The van der Waals surface area contributed by atoms with Crippen molar-refractivity contribution in [2.75, 3.05) is 0 Å². The van der Waals surface area contributed by atoms with E-state index in [-0.39, 0.29) is 5.91 Å². The van der Waals surface area contributed by atoms with Crippen molar-refractivity contribution in [3.8, 4) is 0 Å². The molecule has 0 fully saturated rings. The van der Waals surface area contributed by atoms with Gasteiger partial charge in [-0.05, 0) is 19.8 Å². The lowest BCUT2D eigenvalue weighted by atomic mass is 9.96. The Morgan fingerprint density at radius 3 is 2.78 bits per heavy atom. The van der Waals surface area contributed by atoms with Crippen LogP contribution in [0, 0.1) is 0 Å². The number of carbonyl (C=O) groups excluding carboxylic acids is 1. The number of carbonyl (C=O) groups is 1. The minimum absolute atomic E-state index is 0.102. The van der Waals surface area contributed by atoms with E-state index in [4.69, 9.17) is 5.73 Å². The maximum Gasteiger partial charge on any atom is 0.240 e. The molecular formula is C13H24N4O. The molecule has 18 heavy (non-hydrogen) atoms. The van der Waals surface area contributed by atoms with Crippen molar-refractivity contribution in [1.82, 2.24) is 15.1 Å². The van der Waals surface area contributed by atoms with Gasteiger partial charge in [0.25, 0.3) is 0 Å². The highest BCUT2D eigenvalue weighted by atomic mass is 16.2. The normalized spacial score (nSPS) is 14.3. The molecule has 5 heteroatoms. The molecule has 1 amide bonds. The van der Waals surface area contributed by atoms with Crippen LogP contribution in [0.3, 0.4) is 0 Å². The number of nitrogens with zero attached hydrogens (tertiary/aromatic N) is 2. The highest BCUT2D eigenvalue weighted by Gasteiger charge is 2.26. The molecule has 0 aliphatic carbocycles. The first-order chi connectivity index (χ1) is 8.40. The van der Waals surface area contributed by atoms with Gasteiger partial charge in [-0.2, -0.15) is 5.10 Å². The largest absolute Gasteiger partial charge is 0.350 e. The van der Waals surface area contributed by atoms with Gasteiger partial charge in [0, 0.05) is 25.4 Å². The Morgan fingerprint density at radius 1 is 1.56 bits per heavy atom. The summed E-state index contributed by atoms with van der Waals surface area (Å²) in [6.07, 6.45) is 4.38. The number of nitrogens with one attached hydrogen (secondary N) is 1. The van der Waals surface area contributed by atoms with Gasteiger partial charge >= 0.3 is 0 Å². The summed E-state index contributed by atoms with van der Waals surface area (Å²) in [4.78, 5) is 12.0. The Bertz CT molecular complexity index is 409. The Labute approximate surface area is 109 Å². The van der Waals surface area contributed by atoms with Gasteiger partial charge in [-0.25, -0.2) is 0 Å². The zero-order valence-corrected chi connectivity index (χ0v) is 11.8. The van der Waals surface area contributed by atoms with Crippen LogP contribution in [0.25, 0.3) is 0 Å². The minimum atomic E-state index is -0.788. The van der Waals surface area contributed by atoms with Crippen LogP contribution in [0.15, 0.2) is 6.20 Å². The molecule has 1 rings (SSSR count). The van der Waals surface area contributed by atoms with Gasteiger partial charge < -0.3 is 11.1 Å². The van der Waals surface area contributed by atoms with Gasteiger partial charge in [0.05, 0.1) is 11.2 Å². The van der Waals surface area contributed by atoms with Crippen molar-refractivity contribution in [2.45, 2.75) is 52.1 Å². The predicted octanol–water partition coefficient (Wildman–Crippen LogP) is 1.12. The van der Waals surface area contributed by atoms with Gasteiger partial charge in [0.1, 0.15) is 0 Å². The molecule has 1 aromatic rings. The molecule has 0 radical (unpaired) electrons. The fraction of sp³-hybridized carbons (Fsp3) is 0.692. The van der Waals surface area contributed by atoms with Crippen LogP contribution in [0.4, 0.5) is 0 Å². The fourth-order valence-electron chi connectivity index (χ4n) is 2.04. The monoisotopic (exact) mass is 252 g/mol. The molecule has 0 saturated carbocycles. The second-order valence-corrected chi connectivity index (χ2v) is 4.98. The summed E-state index contributed by atoms with van der Waals surface area (Å²) in [6.45, 7) is 6.34. The summed E-state index contributed by atoms with van der Waals surface area (Å²) in [5, 5.41) is 7.23. The molecule has 5 nitrogen and oxygen atoms in total. The van der Waals surface area contributed by atoms with Crippen LogP contribution in [0.2, 0.25) is 0 Å². The number of nitrogens with two attached hydrogens (primary N) is 1. The Kier molecular flexibility index (Phi) is 4.90. The Balaban J connectivity index is 2.62. The van der Waals surface area contributed by atoms with Crippen molar-refractivity contribution < 1.29 is 4.79 Å². The highest BCUT2D eigenvalue weighted by Crippen LogP contribution is 2.10. The first-order valence-electron chi connectivity index (χ1n) is 6.49. The number of amides is 1. The van der Waals surface area contributed by atoms with Crippen molar-refractivity contribution in [3.63, 3.8) is 0 Å². The van der Waals surface area contributed by atoms with Crippen LogP contribution >= 0.6 is 0 Å². The number of aromatic nitrogens is 2. The average Bonchev–Trinajstić information content (AvgIpc) is 2.66. The third-order valence-electron chi connectivity index (χ3n) is 3.05. The van der Waals surface area contributed by atoms with E-state index >= 15 is 0 Å². The molecular weight excluding hydrogens is 228 g/mol. The molecule has 0 aliphatic rings. The maximum atomic E-state index is 12.0. The maximum absolute atomic E-state index is 12.0. The summed E-state index contributed by atoms with van der Waals surface area (Å²) >= 11 is 0. The summed E-state index contributed by atoms with van der Waals surface area (Å²) in [6, 6.07) is 0. The molecule has 0 bridgehead atoms. The lowest BCUT2D eigenvalue weighted by Crippen LogP contribution is -2.51. The molecule has 1 atom stereocenters. The average molecular weight is 252 g/mol.